The van der Waals surface area contributed by atoms with Gasteiger partial charge >= 0.3 is 0 Å². The van der Waals surface area contributed by atoms with Crippen molar-refractivity contribution in [3.63, 3.8) is 0 Å². The molecule has 0 aliphatic heterocycles. The summed E-state index contributed by atoms with van der Waals surface area (Å²) in [7, 11) is 0. The van der Waals surface area contributed by atoms with Crippen molar-refractivity contribution in [3.8, 4) is 0 Å². The molecule has 1 aromatic rings. The summed E-state index contributed by atoms with van der Waals surface area (Å²) >= 11 is 3.46. The van der Waals surface area contributed by atoms with Crippen LogP contribution in [0.2, 0.25) is 0 Å². The van der Waals surface area contributed by atoms with Crippen LogP contribution in [-0.2, 0) is 11.2 Å². The number of benzene rings is 1. The Labute approximate surface area is 117 Å². The fourth-order valence-electron chi connectivity index (χ4n) is 2.24. The Bertz CT molecular complexity index is 468. The highest BCUT2D eigenvalue weighted by Crippen LogP contribution is 2.24. The van der Waals surface area contributed by atoms with E-state index in [1.165, 1.54) is 5.56 Å². The number of halogens is 1. The number of rotatable bonds is 3. The molecule has 2 nitrogen and oxygen atoms in total. The summed E-state index contributed by atoms with van der Waals surface area (Å²) in [6.07, 6.45) is 8.01. The molecule has 18 heavy (non-hydrogen) atoms. The van der Waals surface area contributed by atoms with Gasteiger partial charge in [-0.2, -0.15) is 0 Å². The molecule has 0 saturated heterocycles. The van der Waals surface area contributed by atoms with Gasteiger partial charge in [-0.05, 0) is 49.4 Å². The molecule has 0 aromatic heterocycles. The number of nitrogens with one attached hydrogen (secondary N) is 1. The van der Waals surface area contributed by atoms with Crippen molar-refractivity contribution in [1.29, 1.82) is 0 Å². The van der Waals surface area contributed by atoms with E-state index in [9.17, 15) is 4.79 Å². The van der Waals surface area contributed by atoms with Gasteiger partial charge in [-0.25, -0.2) is 0 Å². The molecule has 96 valence electrons. The fourth-order valence-corrected chi connectivity index (χ4v) is 2.65. The lowest BCUT2D eigenvalue weighted by molar-refractivity contribution is -0.120. The third-order valence-corrected chi connectivity index (χ3v) is 3.84. The number of hydrogen-bond donors (Lipinski definition) is 1. The molecule has 1 unspecified atom stereocenters. The van der Waals surface area contributed by atoms with Crippen molar-refractivity contribution < 1.29 is 4.79 Å². The van der Waals surface area contributed by atoms with Crippen molar-refractivity contribution in [1.82, 2.24) is 0 Å². The molecule has 0 saturated carbocycles. The van der Waals surface area contributed by atoms with Crippen molar-refractivity contribution >= 4 is 27.5 Å². The number of carbonyl (C=O) groups excluding carboxylic acids is 1. The molecule has 1 N–H and O–H groups in total. The SMILES string of the molecule is CCc1cc(Br)ccc1NC(=O)C1CC=CCC1. The molecule has 0 bridgehead atoms. The molecule has 0 spiro atoms. The minimum absolute atomic E-state index is 0.128. The van der Waals surface area contributed by atoms with Gasteiger partial charge in [0.15, 0.2) is 0 Å². The molecule has 1 aliphatic carbocycles. The van der Waals surface area contributed by atoms with Crippen LogP contribution in [0.3, 0.4) is 0 Å². The smallest absolute Gasteiger partial charge is 0.227 e. The van der Waals surface area contributed by atoms with Crippen LogP contribution < -0.4 is 5.32 Å². The van der Waals surface area contributed by atoms with Crippen LogP contribution in [0.25, 0.3) is 0 Å². The number of amides is 1. The molecule has 1 aromatic carbocycles. The quantitative estimate of drug-likeness (QED) is 0.829. The Balaban J connectivity index is 2.08. The number of hydrogen-bond acceptors (Lipinski definition) is 1. The molecule has 2 rings (SSSR count). The first-order chi connectivity index (χ1) is 8.70. The lowest BCUT2D eigenvalue weighted by Gasteiger charge is -2.18. The lowest BCUT2D eigenvalue weighted by Crippen LogP contribution is -2.24. The van der Waals surface area contributed by atoms with Crippen molar-refractivity contribution in [2.75, 3.05) is 5.32 Å². The van der Waals surface area contributed by atoms with E-state index in [1.807, 2.05) is 12.1 Å². The van der Waals surface area contributed by atoms with Gasteiger partial charge in [0.25, 0.3) is 0 Å². The first kappa shape index (κ1) is 13.3. The monoisotopic (exact) mass is 307 g/mol. The Kier molecular flexibility index (Phi) is 4.59. The highest BCUT2D eigenvalue weighted by atomic mass is 79.9. The molecule has 0 radical (unpaired) electrons. The first-order valence-corrected chi connectivity index (χ1v) is 7.24. The second-order valence-electron chi connectivity index (χ2n) is 4.63. The number of carbonyl (C=O) groups is 1. The van der Waals surface area contributed by atoms with Crippen LogP contribution in [0.4, 0.5) is 5.69 Å². The topological polar surface area (TPSA) is 29.1 Å². The zero-order valence-corrected chi connectivity index (χ0v) is 12.2. The van der Waals surface area contributed by atoms with Crippen LogP contribution in [0, 0.1) is 5.92 Å². The summed E-state index contributed by atoms with van der Waals surface area (Å²) in [5, 5.41) is 3.06. The maximum atomic E-state index is 12.2. The molecule has 0 heterocycles. The lowest BCUT2D eigenvalue weighted by atomic mass is 9.93. The first-order valence-electron chi connectivity index (χ1n) is 6.45. The van der Waals surface area contributed by atoms with Crippen molar-refractivity contribution in [2.24, 2.45) is 5.92 Å². The normalized spacial score (nSPS) is 18.7. The minimum Gasteiger partial charge on any atom is -0.326 e. The molecule has 1 aliphatic rings. The summed E-state index contributed by atoms with van der Waals surface area (Å²) in [5.74, 6) is 0.278. The van der Waals surface area contributed by atoms with Gasteiger partial charge in [-0.3, -0.25) is 4.79 Å². The Morgan fingerprint density at radius 1 is 1.44 bits per heavy atom. The summed E-state index contributed by atoms with van der Waals surface area (Å²) < 4.78 is 1.05. The maximum Gasteiger partial charge on any atom is 0.227 e. The standard InChI is InChI=1S/C15H18BrNO/c1-2-11-10-13(16)8-9-14(11)17-15(18)12-6-4-3-5-7-12/h3-4,8-10,12H,2,5-7H2,1H3,(H,17,18). The van der Waals surface area contributed by atoms with Gasteiger partial charge in [0, 0.05) is 16.1 Å². The summed E-state index contributed by atoms with van der Waals surface area (Å²) in [6, 6.07) is 6.01. The molecule has 0 fully saturated rings. The minimum atomic E-state index is 0.128. The highest BCUT2D eigenvalue weighted by Gasteiger charge is 2.19. The summed E-state index contributed by atoms with van der Waals surface area (Å²) in [5.41, 5.74) is 2.12. The van der Waals surface area contributed by atoms with E-state index in [2.05, 4.69) is 46.4 Å². The van der Waals surface area contributed by atoms with E-state index in [0.717, 1.165) is 35.8 Å². The van der Waals surface area contributed by atoms with Gasteiger partial charge in [0.2, 0.25) is 5.91 Å². The van der Waals surface area contributed by atoms with Crippen LogP contribution >= 0.6 is 15.9 Å². The fraction of sp³-hybridized carbons (Fsp3) is 0.400. The second-order valence-corrected chi connectivity index (χ2v) is 5.54. The second kappa shape index (κ2) is 6.19. The Hall–Kier alpha value is -1.09. The maximum absolute atomic E-state index is 12.2. The van der Waals surface area contributed by atoms with Crippen LogP contribution in [0.15, 0.2) is 34.8 Å². The zero-order valence-electron chi connectivity index (χ0n) is 10.6. The predicted octanol–water partition coefficient (Wildman–Crippen LogP) is 4.31. The van der Waals surface area contributed by atoms with Crippen LogP contribution in [-0.4, -0.2) is 5.91 Å². The summed E-state index contributed by atoms with van der Waals surface area (Å²) in [4.78, 5) is 12.2. The number of anilines is 1. The van der Waals surface area contributed by atoms with Gasteiger partial charge in [0.05, 0.1) is 0 Å². The Morgan fingerprint density at radius 3 is 2.94 bits per heavy atom. The molecular weight excluding hydrogens is 290 g/mol. The average molecular weight is 308 g/mol. The summed E-state index contributed by atoms with van der Waals surface area (Å²) in [6.45, 7) is 2.10. The van der Waals surface area contributed by atoms with Crippen molar-refractivity contribution in [2.45, 2.75) is 32.6 Å². The van der Waals surface area contributed by atoms with E-state index in [4.69, 9.17) is 0 Å². The Morgan fingerprint density at radius 2 is 2.28 bits per heavy atom. The van der Waals surface area contributed by atoms with E-state index >= 15 is 0 Å². The van der Waals surface area contributed by atoms with Crippen LogP contribution in [0.1, 0.15) is 31.7 Å². The average Bonchev–Trinajstić information content (AvgIpc) is 2.41. The highest BCUT2D eigenvalue weighted by molar-refractivity contribution is 9.10. The third-order valence-electron chi connectivity index (χ3n) is 3.35. The molecule has 1 atom stereocenters. The van der Waals surface area contributed by atoms with E-state index in [1.54, 1.807) is 0 Å². The van der Waals surface area contributed by atoms with Crippen LogP contribution in [0.5, 0.6) is 0 Å². The van der Waals surface area contributed by atoms with Gasteiger partial charge in [-0.15, -0.1) is 0 Å². The van der Waals surface area contributed by atoms with E-state index in [-0.39, 0.29) is 11.8 Å². The molecular formula is C15H18BrNO. The van der Waals surface area contributed by atoms with Gasteiger partial charge in [0.1, 0.15) is 0 Å². The molecule has 3 heteroatoms. The zero-order chi connectivity index (χ0) is 13.0. The number of allylic oxidation sites excluding steroid dienone is 2. The molecule has 1 amide bonds. The number of aryl methyl sites for hydroxylation is 1. The van der Waals surface area contributed by atoms with Gasteiger partial charge in [-0.1, -0.05) is 35.0 Å². The van der Waals surface area contributed by atoms with E-state index in [0.29, 0.717) is 0 Å². The third kappa shape index (κ3) is 3.22. The largest absolute Gasteiger partial charge is 0.326 e. The van der Waals surface area contributed by atoms with Crippen molar-refractivity contribution in [3.05, 3.63) is 40.4 Å². The van der Waals surface area contributed by atoms with Gasteiger partial charge < -0.3 is 5.32 Å². The van der Waals surface area contributed by atoms with E-state index < -0.39 is 0 Å². The predicted molar refractivity (Wildman–Crippen MR) is 78.6 cm³/mol.